The molecule has 0 radical (unpaired) electrons. The van der Waals surface area contributed by atoms with Gasteiger partial charge < -0.3 is 5.11 Å². The third-order valence-electron chi connectivity index (χ3n) is 6.32. The minimum absolute atomic E-state index is 0.0783. The van der Waals surface area contributed by atoms with Crippen LogP contribution in [0.4, 0.5) is 34.1 Å². The summed E-state index contributed by atoms with van der Waals surface area (Å²) in [6.07, 6.45) is 0. The number of hydrogen-bond acceptors (Lipinski definition) is 10. The van der Waals surface area contributed by atoms with Crippen LogP contribution >= 0.6 is 6.04 Å². The summed E-state index contributed by atoms with van der Waals surface area (Å²) < 4.78 is 0. The van der Waals surface area contributed by atoms with E-state index in [4.69, 9.17) is 11.8 Å². The van der Waals surface area contributed by atoms with Crippen molar-refractivity contribution in [2.24, 2.45) is 20.5 Å². The minimum Gasteiger partial charge on any atom is -0.506 e. The first-order chi connectivity index (χ1) is 20.8. The van der Waals surface area contributed by atoms with Crippen LogP contribution in [-0.4, -0.2) is 15.0 Å². The second-order valence-electron chi connectivity index (χ2n) is 9.03. The van der Waals surface area contributed by atoms with Gasteiger partial charge in [0.15, 0.2) is 0 Å². The minimum atomic E-state index is -2.98. The van der Waals surface area contributed by atoms with E-state index >= 15 is 0 Å². The first-order valence-electron chi connectivity index (χ1n) is 12.7. The molecule has 0 aliphatic heterocycles. The van der Waals surface area contributed by atoms with Gasteiger partial charge in [-0.25, -0.2) is 0 Å². The fourth-order valence-electron chi connectivity index (χ4n) is 4.23. The normalized spacial score (nSPS) is 11.6. The standard InChI is InChI=1S/C30H21N6O5PS/c37-28-20-19-27(33-31-21-11-15-23(16-12-21)35(38)39)30(29(28)34-32-22-13-17-24(18-14-22)36(40)41)42(43,25-7-3-1-4-8-25)26-9-5-2-6-10-26/h1-20,37H. The predicted octanol–water partition coefficient (Wildman–Crippen LogP) is 7.80. The maximum absolute atomic E-state index is 11.1. The molecular formula is C30H21N6O5PS. The van der Waals surface area contributed by atoms with Gasteiger partial charge in [0.05, 0.1) is 32.2 Å². The van der Waals surface area contributed by atoms with Crippen LogP contribution in [0.5, 0.6) is 5.75 Å². The molecule has 0 aliphatic rings. The molecule has 5 aromatic rings. The summed E-state index contributed by atoms with van der Waals surface area (Å²) in [4.78, 5) is 21.1. The van der Waals surface area contributed by atoms with Gasteiger partial charge in [-0.05, 0) is 47.0 Å². The van der Waals surface area contributed by atoms with Gasteiger partial charge in [0.25, 0.3) is 11.4 Å². The molecule has 0 aromatic heterocycles. The number of nitro benzene ring substituents is 2. The maximum Gasteiger partial charge on any atom is 0.269 e. The third-order valence-corrected chi connectivity index (χ3v) is 11.3. The summed E-state index contributed by atoms with van der Waals surface area (Å²) in [6.45, 7) is 0. The predicted molar refractivity (Wildman–Crippen MR) is 169 cm³/mol. The molecule has 0 spiro atoms. The number of phenols is 1. The van der Waals surface area contributed by atoms with E-state index in [9.17, 15) is 25.3 Å². The number of phenolic OH excluding ortho intramolecular Hbond substituents is 1. The van der Waals surface area contributed by atoms with Crippen LogP contribution < -0.4 is 15.9 Å². The molecule has 5 rings (SSSR count). The Balaban J connectivity index is 1.73. The number of nitrogens with zero attached hydrogens (tertiary/aromatic N) is 6. The van der Waals surface area contributed by atoms with Crippen LogP contribution in [-0.2, 0) is 11.8 Å². The summed E-state index contributed by atoms with van der Waals surface area (Å²) in [7, 11) is 0. The number of hydrogen-bond donors (Lipinski definition) is 1. The highest BCUT2D eigenvalue weighted by molar-refractivity contribution is 8.25. The molecule has 0 heterocycles. The lowest BCUT2D eigenvalue weighted by Gasteiger charge is -2.26. The second kappa shape index (κ2) is 12.6. The molecule has 11 nitrogen and oxygen atoms in total. The molecule has 0 saturated heterocycles. The maximum atomic E-state index is 11.1. The molecular weight excluding hydrogens is 587 g/mol. The number of non-ortho nitro benzene ring substituents is 2. The van der Waals surface area contributed by atoms with Gasteiger partial charge in [0.2, 0.25) is 0 Å². The van der Waals surface area contributed by atoms with E-state index in [2.05, 4.69) is 20.5 Å². The Labute approximate surface area is 250 Å². The lowest BCUT2D eigenvalue weighted by molar-refractivity contribution is -0.385. The molecule has 0 saturated carbocycles. The van der Waals surface area contributed by atoms with Crippen LogP contribution in [0, 0.1) is 20.2 Å². The lowest BCUT2D eigenvalue weighted by Crippen LogP contribution is -2.25. The van der Waals surface area contributed by atoms with Crippen LogP contribution in [0.1, 0.15) is 0 Å². The van der Waals surface area contributed by atoms with Crippen molar-refractivity contribution in [3.8, 4) is 5.75 Å². The van der Waals surface area contributed by atoms with Gasteiger partial charge in [0, 0.05) is 30.3 Å². The van der Waals surface area contributed by atoms with Crippen molar-refractivity contribution in [1.82, 2.24) is 0 Å². The number of azo groups is 2. The summed E-state index contributed by atoms with van der Waals surface area (Å²) in [5.74, 6) is -0.198. The van der Waals surface area contributed by atoms with Crippen LogP contribution in [0.15, 0.2) is 142 Å². The summed E-state index contributed by atoms with van der Waals surface area (Å²) in [5.41, 5.74) is 0.911. The lowest BCUT2D eigenvalue weighted by atomic mass is 10.2. The summed E-state index contributed by atoms with van der Waals surface area (Å²) >= 11 is 6.54. The highest BCUT2D eigenvalue weighted by Crippen LogP contribution is 2.51. The van der Waals surface area contributed by atoms with Gasteiger partial charge in [-0.2, -0.15) is 10.2 Å². The zero-order valence-electron chi connectivity index (χ0n) is 22.2. The highest BCUT2D eigenvalue weighted by atomic mass is 32.4. The number of rotatable bonds is 9. The average molecular weight is 609 g/mol. The van der Waals surface area contributed by atoms with Gasteiger partial charge in [-0.1, -0.05) is 72.5 Å². The molecule has 0 amide bonds. The summed E-state index contributed by atoms with van der Waals surface area (Å²) in [5, 5.41) is 52.8. The Kier molecular flexibility index (Phi) is 8.51. The van der Waals surface area contributed by atoms with E-state index in [1.807, 2.05) is 60.7 Å². The van der Waals surface area contributed by atoms with Gasteiger partial charge in [0.1, 0.15) is 11.4 Å². The van der Waals surface area contributed by atoms with Crippen molar-refractivity contribution in [3.63, 3.8) is 0 Å². The van der Waals surface area contributed by atoms with E-state index in [1.165, 1.54) is 54.6 Å². The van der Waals surface area contributed by atoms with Crippen LogP contribution in [0.3, 0.4) is 0 Å². The smallest absolute Gasteiger partial charge is 0.269 e. The zero-order valence-corrected chi connectivity index (χ0v) is 23.9. The van der Waals surface area contributed by atoms with Crippen LogP contribution in [0.25, 0.3) is 0 Å². The zero-order chi connectivity index (χ0) is 30.4. The summed E-state index contributed by atoms with van der Waals surface area (Å²) in [6, 6.07) is 30.0. The van der Waals surface area contributed by atoms with Crippen molar-refractivity contribution in [2.45, 2.75) is 0 Å². The van der Waals surface area contributed by atoms with Crippen molar-refractivity contribution in [2.75, 3.05) is 0 Å². The Morgan fingerprint density at radius 1 is 0.581 bits per heavy atom. The second-order valence-corrected chi connectivity index (χ2v) is 13.4. The first-order valence-corrected chi connectivity index (χ1v) is 15.5. The molecule has 212 valence electrons. The molecule has 13 heteroatoms. The topological polar surface area (TPSA) is 156 Å². The molecule has 0 bridgehead atoms. The average Bonchev–Trinajstić information content (AvgIpc) is 3.04. The van der Waals surface area contributed by atoms with Gasteiger partial charge in [-0.3, -0.25) is 20.2 Å². The van der Waals surface area contributed by atoms with E-state index in [-0.39, 0.29) is 22.8 Å². The molecule has 43 heavy (non-hydrogen) atoms. The molecule has 0 aliphatic carbocycles. The number of aromatic hydroxyl groups is 1. The van der Waals surface area contributed by atoms with E-state index in [1.54, 1.807) is 6.07 Å². The fourth-order valence-corrected chi connectivity index (χ4v) is 8.40. The molecule has 0 fully saturated rings. The number of benzene rings is 5. The number of nitro groups is 2. The Hall–Kier alpha value is -5.45. The van der Waals surface area contributed by atoms with Crippen molar-refractivity contribution in [1.29, 1.82) is 0 Å². The molecule has 0 atom stereocenters. The molecule has 5 aromatic carbocycles. The quantitative estimate of drug-likeness (QED) is 0.0779. The Bertz CT molecular complexity index is 1860. The van der Waals surface area contributed by atoms with E-state index < -0.39 is 15.9 Å². The van der Waals surface area contributed by atoms with Crippen molar-refractivity contribution >= 4 is 67.9 Å². The van der Waals surface area contributed by atoms with Crippen molar-refractivity contribution in [3.05, 3.63) is 142 Å². The third kappa shape index (κ3) is 6.25. The van der Waals surface area contributed by atoms with Gasteiger partial charge >= 0.3 is 0 Å². The fraction of sp³-hybridized carbons (Fsp3) is 0. The molecule has 0 unspecified atom stereocenters. The monoisotopic (exact) mass is 608 g/mol. The first kappa shape index (κ1) is 29.1. The van der Waals surface area contributed by atoms with Crippen molar-refractivity contribution < 1.29 is 15.0 Å². The molecule has 1 N–H and O–H groups in total. The van der Waals surface area contributed by atoms with E-state index in [0.29, 0.717) is 22.4 Å². The Morgan fingerprint density at radius 3 is 1.47 bits per heavy atom. The van der Waals surface area contributed by atoms with Crippen LogP contribution in [0.2, 0.25) is 0 Å². The largest absolute Gasteiger partial charge is 0.506 e. The van der Waals surface area contributed by atoms with Gasteiger partial charge in [-0.15, -0.1) is 10.2 Å². The highest BCUT2D eigenvalue weighted by Gasteiger charge is 2.32. The van der Waals surface area contributed by atoms with E-state index in [0.717, 1.165) is 10.6 Å². The SMILES string of the molecule is O=[N+]([O-])c1ccc(N=Nc2ccc(O)c(N=Nc3ccc([N+](=O)[O-])cc3)c2P(=S)(c2ccccc2)c2ccccc2)cc1. The Morgan fingerprint density at radius 2 is 1.02 bits per heavy atom.